The van der Waals surface area contributed by atoms with Gasteiger partial charge in [-0.3, -0.25) is 4.98 Å². The van der Waals surface area contributed by atoms with Crippen molar-refractivity contribution in [3.63, 3.8) is 0 Å². The lowest BCUT2D eigenvalue weighted by Gasteiger charge is -2.05. The Morgan fingerprint density at radius 2 is 2.14 bits per heavy atom. The number of hydrogen-bond acceptors (Lipinski definition) is 4. The fraction of sp³-hybridized carbons (Fsp3) is 0.0625. The van der Waals surface area contributed by atoms with Crippen molar-refractivity contribution in [2.45, 2.75) is 6.92 Å². The van der Waals surface area contributed by atoms with E-state index in [4.69, 9.17) is 4.74 Å². The Kier molecular flexibility index (Phi) is 4.11. The maximum atomic E-state index is 12.1. The maximum absolute atomic E-state index is 12.1. The first-order valence-corrected chi connectivity index (χ1v) is 7.54. The van der Waals surface area contributed by atoms with Gasteiger partial charge in [0.2, 0.25) is 0 Å². The number of carbonyl (C=O) groups is 1. The van der Waals surface area contributed by atoms with Crippen LogP contribution < -0.4 is 14.6 Å². The van der Waals surface area contributed by atoms with Crippen molar-refractivity contribution in [3.05, 3.63) is 65.4 Å². The van der Waals surface area contributed by atoms with Crippen LogP contribution >= 0.6 is 11.3 Å². The van der Waals surface area contributed by atoms with Gasteiger partial charge in [0.05, 0.1) is 6.20 Å². The zero-order chi connectivity index (χ0) is 15.4. The molecular weight excluding hydrogens is 298 g/mol. The fourth-order valence-electron chi connectivity index (χ4n) is 1.87. The van der Waals surface area contributed by atoms with Crippen molar-refractivity contribution in [2.75, 3.05) is 5.32 Å². The quantitative estimate of drug-likeness (QED) is 0.752. The summed E-state index contributed by atoms with van der Waals surface area (Å²) >= 11 is 1.52. The summed E-state index contributed by atoms with van der Waals surface area (Å²) in [5, 5.41) is 2.83. The molecule has 1 amide bonds. The predicted molar refractivity (Wildman–Crippen MR) is 84.4 cm³/mol. The number of anilines is 1. The normalized spacial score (nSPS) is 10.2. The van der Waals surface area contributed by atoms with Gasteiger partial charge in [-0.25, -0.2) is 5.32 Å². The van der Waals surface area contributed by atoms with Crippen LogP contribution in [-0.4, -0.2) is 11.0 Å². The zero-order valence-corrected chi connectivity index (χ0v) is 12.7. The summed E-state index contributed by atoms with van der Waals surface area (Å²) < 4.78 is 7.21. The van der Waals surface area contributed by atoms with Gasteiger partial charge in [0.25, 0.3) is 0 Å². The Morgan fingerprint density at radius 3 is 2.86 bits per heavy atom. The first-order valence-electron chi connectivity index (χ1n) is 6.66. The number of rotatable bonds is 3. The van der Waals surface area contributed by atoms with E-state index in [2.05, 4.69) is 10.3 Å². The van der Waals surface area contributed by atoms with Gasteiger partial charge in [-0.15, -0.1) is 11.3 Å². The van der Waals surface area contributed by atoms with Gasteiger partial charge >= 0.3 is 6.03 Å². The molecule has 3 aromatic rings. The summed E-state index contributed by atoms with van der Waals surface area (Å²) in [5.41, 5.74) is 2.43. The Morgan fingerprint density at radius 1 is 1.27 bits per heavy atom. The average Bonchev–Trinajstić information content (AvgIpc) is 2.95. The summed E-state index contributed by atoms with van der Waals surface area (Å²) in [7, 11) is 0. The van der Waals surface area contributed by atoms with E-state index >= 15 is 0 Å². The van der Waals surface area contributed by atoms with E-state index in [-0.39, 0.29) is 6.03 Å². The number of pyridine rings is 1. The van der Waals surface area contributed by atoms with Crippen LogP contribution in [0.1, 0.15) is 4.88 Å². The number of nitrogens with one attached hydrogen (secondary N) is 1. The summed E-state index contributed by atoms with van der Waals surface area (Å²) in [6.07, 6.45) is 5.11. The fourth-order valence-corrected chi connectivity index (χ4v) is 2.48. The molecule has 0 bridgehead atoms. The third-order valence-corrected chi connectivity index (χ3v) is 3.67. The highest BCUT2D eigenvalue weighted by Crippen LogP contribution is 2.23. The molecule has 0 fully saturated rings. The van der Waals surface area contributed by atoms with E-state index in [9.17, 15) is 4.79 Å². The minimum atomic E-state index is -0.206. The first kappa shape index (κ1) is 14.2. The second-order valence-electron chi connectivity index (χ2n) is 4.62. The lowest BCUT2D eigenvalue weighted by molar-refractivity contribution is -0.562. The molecular formula is C16H14N3O2S+. The van der Waals surface area contributed by atoms with E-state index < -0.39 is 0 Å². The molecule has 2 heterocycles. The van der Waals surface area contributed by atoms with Gasteiger partial charge in [0.15, 0.2) is 5.51 Å². The molecule has 22 heavy (non-hydrogen) atoms. The molecule has 0 aliphatic carbocycles. The molecule has 0 aliphatic rings. The van der Waals surface area contributed by atoms with Gasteiger partial charge < -0.3 is 4.74 Å². The number of benzene rings is 1. The summed E-state index contributed by atoms with van der Waals surface area (Å²) in [6.45, 7) is 1.96. The molecule has 0 atom stereocenters. The number of nitrogens with zero attached hydrogens (tertiary/aromatic N) is 2. The number of aryl methyl sites for hydroxylation is 1. The van der Waals surface area contributed by atoms with Crippen molar-refractivity contribution in [1.82, 2.24) is 4.98 Å². The average molecular weight is 312 g/mol. The molecule has 1 aromatic carbocycles. The molecule has 5 nitrogen and oxygen atoms in total. The van der Waals surface area contributed by atoms with Crippen LogP contribution in [0.5, 0.6) is 11.5 Å². The molecule has 1 N–H and O–H groups in total. The van der Waals surface area contributed by atoms with Gasteiger partial charge in [0, 0.05) is 17.1 Å². The molecule has 6 heteroatoms. The first-order chi connectivity index (χ1) is 10.7. The van der Waals surface area contributed by atoms with Crippen LogP contribution in [0.3, 0.4) is 0 Å². The van der Waals surface area contributed by atoms with Gasteiger partial charge in [-0.2, -0.15) is 9.36 Å². The number of amides is 1. The van der Waals surface area contributed by atoms with Crippen molar-refractivity contribution in [1.29, 1.82) is 0 Å². The number of ether oxygens (including phenoxy) is 1. The van der Waals surface area contributed by atoms with E-state index in [0.29, 0.717) is 17.2 Å². The maximum Gasteiger partial charge on any atom is 0.501 e. The Bertz CT molecular complexity index is 787. The minimum Gasteiger partial charge on any atom is -0.456 e. The number of thiazole rings is 1. The van der Waals surface area contributed by atoms with Gasteiger partial charge in [-0.05, 0) is 31.2 Å². The summed E-state index contributed by atoms with van der Waals surface area (Å²) in [5.74, 6) is 1.28. The van der Waals surface area contributed by atoms with Gasteiger partial charge in [0.1, 0.15) is 23.4 Å². The predicted octanol–water partition coefficient (Wildman–Crippen LogP) is 3.61. The minimum absolute atomic E-state index is 0.206. The Balaban J connectivity index is 1.72. The van der Waals surface area contributed by atoms with Crippen molar-refractivity contribution in [3.8, 4) is 11.5 Å². The summed E-state index contributed by atoms with van der Waals surface area (Å²) in [4.78, 5) is 17.2. The second kappa shape index (κ2) is 6.36. The van der Waals surface area contributed by atoms with Crippen LogP contribution in [0.25, 0.3) is 0 Å². The Hall–Kier alpha value is -2.73. The monoisotopic (exact) mass is 312 g/mol. The third kappa shape index (κ3) is 3.48. The molecule has 0 radical (unpaired) electrons. The highest BCUT2D eigenvalue weighted by atomic mass is 32.1. The lowest BCUT2D eigenvalue weighted by Crippen LogP contribution is -2.44. The standard InChI is InChI=1S/C16H13N3O2S/c1-12-10-19(11-22-12)16(20)18-13-4-2-5-14(8-13)21-15-6-3-7-17-9-15/h2-11H,1H3/p+1. The molecule has 0 saturated heterocycles. The molecule has 0 unspecified atom stereocenters. The summed E-state index contributed by atoms with van der Waals surface area (Å²) in [6, 6.07) is 10.6. The number of carbonyl (C=O) groups excluding carboxylic acids is 1. The molecule has 0 saturated carbocycles. The van der Waals surface area contributed by atoms with Crippen LogP contribution in [0.2, 0.25) is 0 Å². The van der Waals surface area contributed by atoms with Crippen LogP contribution in [0.4, 0.5) is 10.5 Å². The van der Waals surface area contributed by atoms with E-state index in [1.54, 1.807) is 36.2 Å². The highest BCUT2D eigenvalue weighted by Gasteiger charge is 2.15. The molecule has 2 aromatic heterocycles. The lowest BCUT2D eigenvalue weighted by atomic mass is 10.3. The topological polar surface area (TPSA) is 55.1 Å². The third-order valence-electron chi connectivity index (χ3n) is 2.86. The molecule has 0 aliphatic heterocycles. The highest BCUT2D eigenvalue weighted by molar-refractivity contribution is 7.09. The second-order valence-corrected chi connectivity index (χ2v) is 5.71. The SMILES string of the molecule is Cc1c[n+](C(=O)Nc2cccc(Oc3cccnc3)c2)cs1. The van der Waals surface area contributed by atoms with E-state index in [1.165, 1.54) is 15.9 Å². The van der Waals surface area contributed by atoms with Crippen LogP contribution in [0, 0.1) is 6.92 Å². The van der Waals surface area contributed by atoms with Crippen molar-refractivity contribution >= 4 is 23.1 Å². The van der Waals surface area contributed by atoms with Crippen LogP contribution in [0.15, 0.2) is 60.5 Å². The zero-order valence-electron chi connectivity index (χ0n) is 11.9. The largest absolute Gasteiger partial charge is 0.501 e. The van der Waals surface area contributed by atoms with E-state index in [1.807, 2.05) is 31.2 Å². The Labute approximate surface area is 131 Å². The molecule has 0 spiro atoms. The van der Waals surface area contributed by atoms with E-state index in [0.717, 1.165) is 4.88 Å². The van der Waals surface area contributed by atoms with Crippen molar-refractivity contribution in [2.24, 2.45) is 0 Å². The molecule has 110 valence electrons. The molecule has 3 rings (SSSR count). The van der Waals surface area contributed by atoms with Gasteiger partial charge in [-0.1, -0.05) is 6.07 Å². The smallest absolute Gasteiger partial charge is 0.456 e. The number of aromatic nitrogens is 2. The number of hydrogen-bond donors (Lipinski definition) is 1. The van der Waals surface area contributed by atoms with Crippen LogP contribution in [-0.2, 0) is 0 Å². The van der Waals surface area contributed by atoms with Crippen molar-refractivity contribution < 1.29 is 14.1 Å².